The molecule has 0 saturated heterocycles. The van der Waals surface area contributed by atoms with E-state index in [4.69, 9.17) is 0 Å². The zero-order valence-corrected chi connectivity index (χ0v) is 19.6. The summed E-state index contributed by atoms with van der Waals surface area (Å²) in [5.74, 6) is 0.758. The molecule has 1 unspecified atom stereocenters. The maximum Gasteiger partial charge on any atom is 0.242 e. The lowest BCUT2D eigenvalue weighted by molar-refractivity contribution is 0.520. The summed E-state index contributed by atoms with van der Waals surface area (Å²) in [5.41, 5.74) is 0.999. The molecule has 0 aromatic heterocycles. The average molecular weight is 496 g/mol. The number of hydrogen-bond donors (Lipinski definition) is 2. The zero-order valence-electron chi connectivity index (χ0n) is 16.4. The van der Waals surface area contributed by atoms with Gasteiger partial charge in [-0.05, 0) is 31.0 Å². The van der Waals surface area contributed by atoms with E-state index in [2.05, 4.69) is 29.5 Å². The quantitative estimate of drug-likeness (QED) is 0.239. The second-order valence-electron chi connectivity index (χ2n) is 6.40. The molecule has 6 nitrogen and oxygen atoms in total. The van der Waals surface area contributed by atoms with Gasteiger partial charge in [-0.3, -0.25) is 4.99 Å². The van der Waals surface area contributed by atoms with E-state index >= 15 is 0 Å². The molecule has 1 atom stereocenters. The summed E-state index contributed by atoms with van der Waals surface area (Å²) in [7, 11) is 1.43. The third kappa shape index (κ3) is 8.22. The number of halogens is 1. The fraction of sp³-hybridized carbons (Fsp3) is 0.611. The Balaban J connectivity index is 0.00000625. The Labute approximate surface area is 175 Å². The number of nitrogens with zero attached hydrogens (tertiary/aromatic N) is 2. The Morgan fingerprint density at radius 2 is 1.81 bits per heavy atom. The summed E-state index contributed by atoms with van der Waals surface area (Å²) in [6.07, 6.45) is 4.80. The van der Waals surface area contributed by atoms with Crippen LogP contribution >= 0.6 is 24.0 Å². The van der Waals surface area contributed by atoms with Crippen molar-refractivity contribution >= 4 is 40.0 Å². The fourth-order valence-electron chi connectivity index (χ4n) is 2.38. The van der Waals surface area contributed by atoms with Gasteiger partial charge in [0.1, 0.15) is 0 Å². The maximum atomic E-state index is 12.1. The Morgan fingerprint density at radius 1 is 1.19 bits per heavy atom. The highest BCUT2D eigenvalue weighted by Gasteiger charge is 2.16. The Bertz CT molecular complexity index is 646. The van der Waals surface area contributed by atoms with Crippen LogP contribution in [0, 0.1) is 0 Å². The first-order valence-corrected chi connectivity index (χ1v) is 10.2. The van der Waals surface area contributed by atoms with Crippen molar-refractivity contribution in [2.75, 3.05) is 21.1 Å². The molecule has 0 heterocycles. The molecule has 1 rings (SSSR count). The summed E-state index contributed by atoms with van der Waals surface area (Å²) in [5, 5.41) is 6.65. The Hall–Kier alpha value is -0.870. The molecule has 2 N–H and O–H groups in total. The van der Waals surface area contributed by atoms with Gasteiger partial charge in [-0.15, -0.1) is 24.0 Å². The van der Waals surface area contributed by atoms with E-state index in [9.17, 15) is 8.42 Å². The van der Waals surface area contributed by atoms with Gasteiger partial charge in [0, 0.05) is 33.7 Å². The lowest BCUT2D eigenvalue weighted by Gasteiger charge is -2.18. The molecular weight excluding hydrogens is 463 g/mol. The number of aliphatic imine (C=N–C) groups is 1. The van der Waals surface area contributed by atoms with Crippen LogP contribution in [0.1, 0.15) is 45.1 Å². The SMILES string of the molecule is CCCCCC(C)NC(=NC)NCc1ccc(S(=O)(=O)N(C)C)cc1.I. The predicted molar refractivity (Wildman–Crippen MR) is 120 cm³/mol. The first-order valence-electron chi connectivity index (χ1n) is 8.80. The topological polar surface area (TPSA) is 73.8 Å². The summed E-state index contributed by atoms with van der Waals surface area (Å²) < 4.78 is 25.3. The summed E-state index contributed by atoms with van der Waals surface area (Å²) >= 11 is 0. The molecule has 0 radical (unpaired) electrons. The van der Waals surface area contributed by atoms with Gasteiger partial charge in [0.05, 0.1) is 4.90 Å². The van der Waals surface area contributed by atoms with Crippen LogP contribution in [0.2, 0.25) is 0 Å². The molecule has 0 spiro atoms. The normalized spacial score (nSPS) is 13.2. The summed E-state index contributed by atoms with van der Waals surface area (Å²) in [6.45, 7) is 4.95. The molecule has 0 saturated carbocycles. The number of sulfonamides is 1. The van der Waals surface area contributed by atoms with Crippen molar-refractivity contribution in [2.24, 2.45) is 4.99 Å². The summed E-state index contributed by atoms with van der Waals surface area (Å²) in [4.78, 5) is 4.54. The molecule has 1 aromatic rings. The number of hydrogen-bond acceptors (Lipinski definition) is 3. The highest BCUT2D eigenvalue weighted by atomic mass is 127. The van der Waals surface area contributed by atoms with E-state index in [1.165, 1.54) is 37.7 Å². The molecule has 0 amide bonds. The highest BCUT2D eigenvalue weighted by molar-refractivity contribution is 14.0. The van der Waals surface area contributed by atoms with Crippen molar-refractivity contribution in [1.29, 1.82) is 0 Å². The van der Waals surface area contributed by atoms with E-state index < -0.39 is 10.0 Å². The van der Waals surface area contributed by atoms with Crippen molar-refractivity contribution in [1.82, 2.24) is 14.9 Å². The van der Waals surface area contributed by atoms with Gasteiger partial charge < -0.3 is 10.6 Å². The van der Waals surface area contributed by atoms with Crippen LogP contribution in [0.5, 0.6) is 0 Å². The lowest BCUT2D eigenvalue weighted by atomic mass is 10.1. The van der Waals surface area contributed by atoms with Crippen LogP contribution in [0.15, 0.2) is 34.2 Å². The first-order chi connectivity index (χ1) is 11.8. The molecule has 0 fully saturated rings. The van der Waals surface area contributed by atoms with Crippen molar-refractivity contribution < 1.29 is 8.42 Å². The van der Waals surface area contributed by atoms with E-state index in [1.807, 2.05) is 12.1 Å². The van der Waals surface area contributed by atoms with Gasteiger partial charge in [-0.1, -0.05) is 38.3 Å². The number of guanidine groups is 1. The van der Waals surface area contributed by atoms with Gasteiger partial charge in [0.15, 0.2) is 5.96 Å². The van der Waals surface area contributed by atoms with Crippen LogP contribution in [0.3, 0.4) is 0 Å². The molecule has 150 valence electrons. The van der Waals surface area contributed by atoms with E-state index in [0.29, 0.717) is 17.5 Å². The predicted octanol–water partition coefficient (Wildman–Crippen LogP) is 3.19. The molecular formula is C18H33IN4O2S. The van der Waals surface area contributed by atoms with Gasteiger partial charge in [-0.25, -0.2) is 12.7 Å². The largest absolute Gasteiger partial charge is 0.354 e. The lowest BCUT2D eigenvalue weighted by Crippen LogP contribution is -2.41. The van der Waals surface area contributed by atoms with Gasteiger partial charge >= 0.3 is 0 Å². The third-order valence-corrected chi connectivity index (χ3v) is 5.84. The zero-order chi connectivity index (χ0) is 18.9. The van der Waals surface area contributed by atoms with Crippen molar-refractivity contribution in [2.45, 2.75) is 57.0 Å². The molecule has 0 aliphatic carbocycles. The highest BCUT2D eigenvalue weighted by Crippen LogP contribution is 2.13. The second kappa shape index (κ2) is 12.5. The third-order valence-electron chi connectivity index (χ3n) is 4.01. The number of unbranched alkanes of at least 4 members (excludes halogenated alkanes) is 2. The van der Waals surface area contributed by atoms with Gasteiger partial charge in [0.2, 0.25) is 10.0 Å². The van der Waals surface area contributed by atoms with Crippen LogP contribution < -0.4 is 10.6 Å². The average Bonchev–Trinajstić information content (AvgIpc) is 2.59. The van der Waals surface area contributed by atoms with E-state index in [1.54, 1.807) is 19.2 Å². The van der Waals surface area contributed by atoms with Crippen LogP contribution in [0.25, 0.3) is 0 Å². The van der Waals surface area contributed by atoms with Crippen LogP contribution in [-0.2, 0) is 16.6 Å². The summed E-state index contributed by atoms with van der Waals surface area (Å²) in [6, 6.07) is 7.28. The maximum absolute atomic E-state index is 12.1. The Morgan fingerprint density at radius 3 is 2.31 bits per heavy atom. The van der Waals surface area contributed by atoms with Crippen molar-refractivity contribution in [3.8, 4) is 0 Å². The first kappa shape index (κ1) is 25.1. The van der Waals surface area contributed by atoms with Gasteiger partial charge in [0.25, 0.3) is 0 Å². The van der Waals surface area contributed by atoms with E-state index in [-0.39, 0.29) is 24.0 Å². The fourth-order valence-corrected chi connectivity index (χ4v) is 3.28. The van der Waals surface area contributed by atoms with Gasteiger partial charge in [-0.2, -0.15) is 0 Å². The minimum Gasteiger partial charge on any atom is -0.354 e. The van der Waals surface area contributed by atoms with Crippen LogP contribution in [-0.4, -0.2) is 45.9 Å². The van der Waals surface area contributed by atoms with Crippen LogP contribution in [0.4, 0.5) is 0 Å². The molecule has 0 bridgehead atoms. The minimum absolute atomic E-state index is 0. The smallest absolute Gasteiger partial charge is 0.242 e. The van der Waals surface area contributed by atoms with Crippen molar-refractivity contribution in [3.63, 3.8) is 0 Å². The molecule has 1 aromatic carbocycles. The molecule has 0 aliphatic rings. The minimum atomic E-state index is -3.38. The second-order valence-corrected chi connectivity index (χ2v) is 8.55. The number of nitrogens with one attached hydrogen (secondary N) is 2. The van der Waals surface area contributed by atoms with Crippen molar-refractivity contribution in [3.05, 3.63) is 29.8 Å². The monoisotopic (exact) mass is 496 g/mol. The molecule has 8 heteroatoms. The van der Waals surface area contributed by atoms with E-state index in [0.717, 1.165) is 17.9 Å². The Kier molecular flexibility index (Phi) is 12.1. The standard InChI is InChI=1S/C18H32N4O2S.HI/c1-6-7-8-9-15(2)21-18(19-3)20-14-16-10-12-17(13-11-16)25(23,24)22(4)5;/h10-13,15H,6-9,14H2,1-5H3,(H2,19,20,21);1H. The number of rotatable bonds is 9. The number of benzene rings is 1. The molecule has 26 heavy (non-hydrogen) atoms. The molecule has 0 aliphatic heterocycles.